The molecule has 1 fully saturated rings. The Morgan fingerprint density at radius 3 is 2.32 bits per heavy atom. The maximum absolute atomic E-state index is 12.6. The van der Waals surface area contributed by atoms with E-state index in [0.29, 0.717) is 0 Å². The highest BCUT2D eigenvalue weighted by Gasteiger charge is 2.26. The van der Waals surface area contributed by atoms with Crippen molar-refractivity contribution in [3.8, 4) is 0 Å². The summed E-state index contributed by atoms with van der Waals surface area (Å²) in [6.45, 7) is 7.53. The number of amides is 1. The van der Waals surface area contributed by atoms with E-state index in [1.165, 1.54) is 0 Å². The van der Waals surface area contributed by atoms with E-state index in [0.717, 1.165) is 37.6 Å². The highest BCUT2D eigenvalue weighted by atomic mass is 16.2. The third-order valence-corrected chi connectivity index (χ3v) is 4.87. The van der Waals surface area contributed by atoms with Crippen LogP contribution in [0.2, 0.25) is 0 Å². The number of pyridine rings is 1. The molecule has 3 rings (SSSR count). The number of nitrogens with one attached hydrogen (secondary N) is 1. The van der Waals surface area contributed by atoms with Crippen LogP contribution in [0.4, 0.5) is 5.82 Å². The van der Waals surface area contributed by atoms with Crippen molar-refractivity contribution in [2.75, 3.05) is 31.1 Å². The van der Waals surface area contributed by atoms with Gasteiger partial charge in [-0.3, -0.25) is 9.69 Å². The Morgan fingerprint density at radius 2 is 1.68 bits per heavy atom. The van der Waals surface area contributed by atoms with Gasteiger partial charge in [-0.1, -0.05) is 36.4 Å². The molecule has 5 heteroatoms. The highest BCUT2D eigenvalue weighted by Crippen LogP contribution is 2.15. The smallest absolute Gasteiger partial charge is 0.237 e. The monoisotopic (exact) mass is 338 g/mol. The molecule has 1 aliphatic heterocycles. The largest absolute Gasteiger partial charge is 0.354 e. The Hall–Kier alpha value is -2.40. The summed E-state index contributed by atoms with van der Waals surface area (Å²) in [5.74, 6) is 1.10. The first kappa shape index (κ1) is 17.4. The number of aromatic nitrogens is 1. The molecule has 1 aromatic carbocycles. The molecule has 1 aromatic heterocycles. The highest BCUT2D eigenvalue weighted by molar-refractivity contribution is 5.81. The molecule has 0 spiro atoms. The van der Waals surface area contributed by atoms with E-state index in [4.69, 9.17) is 0 Å². The van der Waals surface area contributed by atoms with Gasteiger partial charge in [0.25, 0.3) is 0 Å². The van der Waals surface area contributed by atoms with Crippen molar-refractivity contribution in [1.29, 1.82) is 0 Å². The van der Waals surface area contributed by atoms with Gasteiger partial charge in [0.15, 0.2) is 0 Å². The van der Waals surface area contributed by atoms with Crippen LogP contribution in [0.15, 0.2) is 54.7 Å². The summed E-state index contributed by atoms with van der Waals surface area (Å²) >= 11 is 0. The standard InChI is InChI=1S/C20H26N4O/c1-16(18-8-4-3-5-9-18)22-20(25)17(2)23-12-14-24(15-13-23)19-10-6-7-11-21-19/h3-11,16-17H,12-15H2,1-2H3,(H,22,25). The molecule has 2 aromatic rings. The minimum atomic E-state index is -0.128. The molecular weight excluding hydrogens is 312 g/mol. The molecule has 1 amide bonds. The average molecular weight is 338 g/mol. The Morgan fingerprint density at radius 1 is 1.00 bits per heavy atom. The van der Waals surface area contributed by atoms with Crippen LogP contribution in [0.25, 0.3) is 0 Å². The second kappa shape index (κ2) is 8.12. The second-order valence-corrected chi connectivity index (χ2v) is 6.53. The van der Waals surface area contributed by atoms with Crippen molar-refractivity contribution in [1.82, 2.24) is 15.2 Å². The van der Waals surface area contributed by atoms with E-state index in [2.05, 4.69) is 20.1 Å². The van der Waals surface area contributed by atoms with Crippen LogP contribution in [0.3, 0.4) is 0 Å². The maximum Gasteiger partial charge on any atom is 0.237 e. The topological polar surface area (TPSA) is 48.5 Å². The Kier molecular flexibility index (Phi) is 5.66. The fraction of sp³-hybridized carbons (Fsp3) is 0.400. The Bertz CT molecular complexity index is 669. The van der Waals surface area contributed by atoms with Gasteiger partial charge in [0, 0.05) is 32.4 Å². The van der Waals surface area contributed by atoms with Crippen molar-refractivity contribution >= 4 is 11.7 Å². The van der Waals surface area contributed by atoms with Crippen LogP contribution >= 0.6 is 0 Å². The minimum Gasteiger partial charge on any atom is -0.354 e. The molecule has 5 nitrogen and oxygen atoms in total. The molecule has 0 saturated carbocycles. The quantitative estimate of drug-likeness (QED) is 0.910. The normalized spacial score (nSPS) is 17.8. The lowest BCUT2D eigenvalue weighted by Gasteiger charge is -2.38. The number of anilines is 1. The van der Waals surface area contributed by atoms with Gasteiger partial charge in [0.1, 0.15) is 5.82 Å². The summed E-state index contributed by atoms with van der Waals surface area (Å²) in [6, 6.07) is 15.9. The predicted molar refractivity (Wildman–Crippen MR) is 100 cm³/mol. The lowest BCUT2D eigenvalue weighted by Crippen LogP contribution is -2.54. The number of hydrogen-bond donors (Lipinski definition) is 1. The average Bonchev–Trinajstić information content (AvgIpc) is 2.69. The summed E-state index contributed by atoms with van der Waals surface area (Å²) in [6.07, 6.45) is 1.82. The molecule has 1 aliphatic rings. The number of carbonyl (C=O) groups excluding carboxylic acids is 1. The summed E-state index contributed by atoms with van der Waals surface area (Å²) in [5, 5.41) is 3.13. The van der Waals surface area contributed by atoms with E-state index in [9.17, 15) is 4.79 Å². The van der Waals surface area contributed by atoms with Gasteiger partial charge in [0.2, 0.25) is 5.91 Å². The summed E-state index contributed by atoms with van der Waals surface area (Å²) in [5.41, 5.74) is 1.13. The van der Waals surface area contributed by atoms with Gasteiger partial charge in [-0.2, -0.15) is 0 Å². The molecule has 2 atom stereocenters. The number of hydrogen-bond acceptors (Lipinski definition) is 4. The first-order chi connectivity index (χ1) is 12.1. The molecular formula is C20H26N4O. The fourth-order valence-corrected chi connectivity index (χ4v) is 3.20. The van der Waals surface area contributed by atoms with Gasteiger partial charge in [0.05, 0.1) is 12.1 Å². The molecule has 0 bridgehead atoms. The van der Waals surface area contributed by atoms with Gasteiger partial charge in [-0.25, -0.2) is 4.98 Å². The lowest BCUT2D eigenvalue weighted by molar-refractivity contribution is -0.126. The molecule has 1 N–H and O–H groups in total. The van der Waals surface area contributed by atoms with Crippen molar-refractivity contribution in [2.45, 2.75) is 25.9 Å². The summed E-state index contributed by atoms with van der Waals surface area (Å²) in [7, 11) is 0. The van der Waals surface area contributed by atoms with E-state index in [1.807, 2.05) is 68.6 Å². The van der Waals surface area contributed by atoms with Crippen LogP contribution in [-0.4, -0.2) is 48.0 Å². The summed E-state index contributed by atoms with van der Waals surface area (Å²) < 4.78 is 0. The van der Waals surface area contributed by atoms with Gasteiger partial charge in [-0.15, -0.1) is 0 Å². The van der Waals surface area contributed by atoms with Gasteiger partial charge >= 0.3 is 0 Å². The zero-order valence-electron chi connectivity index (χ0n) is 14.9. The third-order valence-electron chi connectivity index (χ3n) is 4.87. The number of benzene rings is 1. The van der Waals surface area contributed by atoms with Gasteiger partial charge in [-0.05, 0) is 31.5 Å². The Balaban J connectivity index is 1.52. The molecule has 2 heterocycles. The van der Waals surface area contributed by atoms with Crippen molar-refractivity contribution < 1.29 is 4.79 Å². The molecule has 25 heavy (non-hydrogen) atoms. The minimum absolute atomic E-state index is 0.0194. The Labute approximate surface area is 149 Å². The zero-order chi connectivity index (χ0) is 17.6. The van der Waals surface area contributed by atoms with Crippen LogP contribution in [0.1, 0.15) is 25.5 Å². The maximum atomic E-state index is 12.6. The zero-order valence-corrected chi connectivity index (χ0v) is 14.9. The molecule has 132 valence electrons. The van der Waals surface area contributed by atoms with E-state index >= 15 is 0 Å². The number of carbonyl (C=O) groups is 1. The molecule has 2 unspecified atom stereocenters. The van der Waals surface area contributed by atoms with Crippen LogP contribution < -0.4 is 10.2 Å². The first-order valence-electron chi connectivity index (χ1n) is 8.90. The lowest BCUT2D eigenvalue weighted by atomic mass is 10.1. The molecule has 0 aliphatic carbocycles. The van der Waals surface area contributed by atoms with Crippen molar-refractivity contribution in [3.63, 3.8) is 0 Å². The van der Waals surface area contributed by atoms with Crippen molar-refractivity contribution in [2.24, 2.45) is 0 Å². The van der Waals surface area contributed by atoms with E-state index in [1.54, 1.807) is 0 Å². The molecule has 0 radical (unpaired) electrons. The number of nitrogens with zero attached hydrogens (tertiary/aromatic N) is 3. The SMILES string of the molecule is CC(NC(=O)C(C)N1CCN(c2ccccn2)CC1)c1ccccc1. The van der Waals surface area contributed by atoms with Crippen molar-refractivity contribution in [3.05, 3.63) is 60.3 Å². The van der Waals surface area contributed by atoms with E-state index in [-0.39, 0.29) is 18.0 Å². The number of rotatable bonds is 5. The fourth-order valence-electron chi connectivity index (χ4n) is 3.20. The predicted octanol–water partition coefficient (Wildman–Crippen LogP) is 2.47. The van der Waals surface area contributed by atoms with Crippen LogP contribution in [-0.2, 0) is 4.79 Å². The van der Waals surface area contributed by atoms with E-state index < -0.39 is 0 Å². The second-order valence-electron chi connectivity index (χ2n) is 6.53. The van der Waals surface area contributed by atoms with Crippen LogP contribution in [0, 0.1) is 0 Å². The first-order valence-corrected chi connectivity index (χ1v) is 8.90. The van der Waals surface area contributed by atoms with Crippen LogP contribution in [0.5, 0.6) is 0 Å². The molecule has 1 saturated heterocycles. The summed E-state index contributed by atoms with van der Waals surface area (Å²) in [4.78, 5) is 21.5. The number of piperazine rings is 1. The van der Waals surface area contributed by atoms with Gasteiger partial charge < -0.3 is 10.2 Å². The third kappa shape index (κ3) is 4.37.